The van der Waals surface area contributed by atoms with Crippen LogP contribution < -0.4 is 9.47 Å². The molecule has 0 aromatic heterocycles. The molecule has 0 bridgehead atoms. The van der Waals surface area contributed by atoms with E-state index in [1.807, 2.05) is 59.5 Å². The van der Waals surface area contributed by atoms with E-state index in [-0.39, 0.29) is 12.0 Å². The van der Waals surface area contributed by atoms with Gasteiger partial charge in [0.15, 0.2) is 0 Å². The largest absolute Gasteiger partial charge is 0.497 e. The highest BCUT2D eigenvalue weighted by Crippen LogP contribution is 2.35. The Labute approximate surface area is 170 Å². The quantitative estimate of drug-likeness (QED) is 0.727. The standard InChI is InChI=1S/C24H25NO4/c1-28-18-13-16(14-19(15-18)29-2)20-7-8-23(22-6-4-3-5-21(20)22)24(27)25-11-9-17(26)10-12-25/h3-8,13-15,17,26H,9-12H2,1-2H3. The first kappa shape index (κ1) is 19.3. The molecule has 5 nitrogen and oxygen atoms in total. The van der Waals surface area contributed by atoms with Crippen molar-refractivity contribution in [1.29, 1.82) is 0 Å². The summed E-state index contributed by atoms with van der Waals surface area (Å²) in [7, 11) is 3.27. The smallest absolute Gasteiger partial charge is 0.254 e. The van der Waals surface area contributed by atoms with Crippen LogP contribution in [0.4, 0.5) is 0 Å². The van der Waals surface area contributed by atoms with Crippen LogP contribution in [0.3, 0.4) is 0 Å². The first-order chi connectivity index (χ1) is 14.1. The minimum atomic E-state index is -0.304. The van der Waals surface area contributed by atoms with Crippen molar-refractivity contribution in [3.05, 3.63) is 60.2 Å². The Kier molecular flexibility index (Phi) is 5.41. The number of rotatable bonds is 4. The predicted octanol–water partition coefficient (Wildman–Crippen LogP) is 4.12. The molecule has 0 radical (unpaired) electrons. The summed E-state index contributed by atoms with van der Waals surface area (Å²) < 4.78 is 10.8. The average Bonchev–Trinajstić information content (AvgIpc) is 2.78. The maximum Gasteiger partial charge on any atom is 0.254 e. The van der Waals surface area contributed by atoms with Crippen molar-refractivity contribution < 1.29 is 19.4 Å². The number of fused-ring (bicyclic) bond motifs is 1. The number of benzene rings is 3. The number of nitrogens with zero attached hydrogens (tertiary/aromatic N) is 1. The fraction of sp³-hybridized carbons (Fsp3) is 0.292. The van der Waals surface area contributed by atoms with Gasteiger partial charge in [-0.15, -0.1) is 0 Å². The van der Waals surface area contributed by atoms with Crippen molar-refractivity contribution in [2.75, 3.05) is 27.3 Å². The SMILES string of the molecule is COc1cc(OC)cc(-c2ccc(C(=O)N3CCC(O)CC3)c3ccccc23)c1. The summed E-state index contributed by atoms with van der Waals surface area (Å²) in [6.45, 7) is 1.17. The third kappa shape index (κ3) is 3.78. The molecule has 1 aliphatic rings. The maximum atomic E-state index is 13.2. The van der Waals surface area contributed by atoms with Crippen molar-refractivity contribution in [3.63, 3.8) is 0 Å². The van der Waals surface area contributed by atoms with Gasteiger partial charge in [-0.1, -0.05) is 30.3 Å². The summed E-state index contributed by atoms with van der Waals surface area (Å²) >= 11 is 0. The second kappa shape index (κ2) is 8.13. The fourth-order valence-corrected chi connectivity index (χ4v) is 3.94. The van der Waals surface area contributed by atoms with E-state index in [0.717, 1.165) is 33.4 Å². The van der Waals surface area contributed by atoms with E-state index in [9.17, 15) is 9.90 Å². The van der Waals surface area contributed by atoms with Crippen molar-refractivity contribution >= 4 is 16.7 Å². The molecule has 0 saturated carbocycles. The topological polar surface area (TPSA) is 59.0 Å². The number of methoxy groups -OCH3 is 2. The maximum absolute atomic E-state index is 13.2. The summed E-state index contributed by atoms with van der Waals surface area (Å²) in [5.41, 5.74) is 2.68. The number of piperidine rings is 1. The van der Waals surface area contributed by atoms with Crippen molar-refractivity contribution in [2.45, 2.75) is 18.9 Å². The van der Waals surface area contributed by atoms with E-state index in [0.29, 0.717) is 31.5 Å². The molecule has 1 N–H and O–H groups in total. The van der Waals surface area contributed by atoms with Crippen molar-refractivity contribution in [2.24, 2.45) is 0 Å². The third-order valence-electron chi connectivity index (χ3n) is 5.57. The Balaban J connectivity index is 1.80. The first-order valence-corrected chi connectivity index (χ1v) is 9.83. The summed E-state index contributed by atoms with van der Waals surface area (Å²) in [5.74, 6) is 1.45. The Morgan fingerprint density at radius 2 is 1.55 bits per heavy atom. The Morgan fingerprint density at radius 3 is 2.17 bits per heavy atom. The molecule has 1 aliphatic heterocycles. The lowest BCUT2D eigenvalue weighted by Crippen LogP contribution is -2.40. The molecule has 1 fully saturated rings. The van der Waals surface area contributed by atoms with E-state index in [1.54, 1.807) is 14.2 Å². The van der Waals surface area contributed by atoms with Crippen LogP contribution in [0.5, 0.6) is 11.5 Å². The van der Waals surface area contributed by atoms with Gasteiger partial charge in [0.25, 0.3) is 5.91 Å². The minimum Gasteiger partial charge on any atom is -0.497 e. The summed E-state index contributed by atoms with van der Waals surface area (Å²) in [6, 6.07) is 17.6. The number of hydrogen-bond acceptors (Lipinski definition) is 4. The molecule has 0 spiro atoms. The summed E-state index contributed by atoms with van der Waals surface area (Å²) in [6.07, 6.45) is 0.956. The second-order valence-electron chi connectivity index (χ2n) is 7.33. The highest BCUT2D eigenvalue weighted by atomic mass is 16.5. The first-order valence-electron chi connectivity index (χ1n) is 9.83. The molecule has 150 valence electrons. The van der Waals surface area contributed by atoms with Crippen LogP contribution in [-0.4, -0.2) is 49.3 Å². The zero-order valence-corrected chi connectivity index (χ0v) is 16.7. The molecule has 0 atom stereocenters. The Bertz CT molecular complexity index is 1020. The Hall–Kier alpha value is -3.05. The van der Waals surface area contributed by atoms with E-state index in [4.69, 9.17) is 9.47 Å². The van der Waals surface area contributed by atoms with E-state index in [1.165, 1.54) is 0 Å². The van der Waals surface area contributed by atoms with Crippen molar-refractivity contribution in [1.82, 2.24) is 4.90 Å². The monoisotopic (exact) mass is 391 g/mol. The van der Waals surface area contributed by atoms with Crippen LogP contribution in [0.25, 0.3) is 21.9 Å². The summed E-state index contributed by atoms with van der Waals surface area (Å²) in [5, 5.41) is 11.7. The molecule has 29 heavy (non-hydrogen) atoms. The fourth-order valence-electron chi connectivity index (χ4n) is 3.94. The van der Waals surface area contributed by atoms with Gasteiger partial charge < -0.3 is 19.5 Å². The lowest BCUT2D eigenvalue weighted by Gasteiger charge is -2.30. The van der Waals surface area contributed by atoms with Crippen LogP contribution in [0, 0.1) is 0 Å². The molecule has 0 aliphatic carbocycles. The molecule has 1 amide bonds. The van der Waals surface area contributed by atoms with E-state index < -0.39 is 0 Å². The van der Waals surface area contributed by atoms with Crippen molar-refractivity contribution in [3.8, 4) is 22.6 Å². The second-order valence-corrected chi connectivity index (χ2v) is 7.33. The number of hydrogen-bond donors (Lipinski definition) is 1. The number of carbonyl (C=O) groups excluding carboxylic acids is 1. The van der Waals surface area contributed by atoms with Gasteiger partial charge in [-0.05, 0) is 52.9 Å². The molecule has 3 aromatic carbocycles. The molecule has 1 heterocycles. The van der Waals surface area contributed by atoms with Gasteiger partial charge in [0.2, 0.25) is 0 Å². The molecule has 1 saturated heterocycles. The number of ether oxygens (including phenoxy) is 2. The van der Waals surface area contributed by atoms with Gasteiger partial charge in [-0.3, -0.25) is 4.79 Å². The van der Waals surface area contributed by atoms with Crippen LogP contribution in [0.15, 0.2) is 54.6 Å². The number of aliphatic hydroxyl groups is 1. The third-order valence-corrected chi connectivity index (χ3v) is 5.57. The summed E-state index contributed by atoms with van der Waals surface area (Å²) in [4.78, 5) is 15.0. The number of amides is 1. The van der Waals surface area contributed by atoms with Crippen LogP contribution in [-0.2, 0) is 0 Å². The zero-order valence-electron chi connectivity index (χ0n) is 16.7. The molecule has 5 heteroatoms. The van der Waals surface area contributed by atoms with Crippen LogP contribution in [0.1, 0.15) is 23.2 Å². The highest BCUT2D eigenvalue weighted by Gasteiger charge is 2.24. The lowest BCUT2D eigenvalue weighted by molar-refractivity contribution is 0.0548. The van der Waals surface area contributed by atoms with E-state index in [2.05, 4.69) is 0 Å². The molecule has 3 aromatic rings. The minimum absolute atomic E-state index is 0.0165. The number of likely N-dealkylation sites (tertiary alicyclic amines) is 1. The predicted molar refractivity (Wildman–Crippen MR) is 114 cm³/mol. The van der Waals surface area contributed by atoms with Gasteiger partial charge in [-0.2, -0.15) is 0 Å². The number of aliphatic hydroxyl groups excluding tert-OH is 1. The van der Waals surface area contributed by atoms with Gasteiger partial charge in [0.05, 0.1) is 20.3 Å². The van der Waals surface area contributed by atoms with Crippen LogP contribution >= 0.6 is 0 Å². The molecular formula is C24H25NO4. The normalized spacial score (nSPS) is 14.8. The van der Waals surface area contributed by atoms with Gasteiger partial charge in [0.1, 0.15) is 11.5 Å². The zero-order chi connectivity index (χ0) is 20.4. The van der Waals surface area contributed by atoms with Gasteiger partial charge in [-0.25, -0.2) is 0 Å². The highest BCUT2D eigenvalue weighted by molar-refractivity contribution is 6.11. The van der Waals surface area contributed by atoms with Crippen LogP contribution in [0.2, 0.25) is 0 Å². The van der Waals surface area contributed by atoms with Gasteiger partial charge in [0, 0.05) is 24.7 Å². The van der Waals surface area contributed by atoms with Gasteiger partial charge >= 0.3 is 0 Å². The Morgan fingerprint density at radius 1 is 0.931 bits per heavy atom. The lowest BCUT2D eigenvalue weighted by atomic mass is 9.94. The molecule has 0 unspecified atom stereocenters. The molecular weight excluding hydrogens is 366 g/mol. The van der Waals surface area contributed by atoms with E-state index >= 15 is 0 Å². The molecule has 4 rings (SSSR count). The average molecular weight is 391 g/mol. The number of carbonyl (C=O) groups is 1.